The molecule has 1 atom stereocenters. The molecular formula is C10H13ClN4O2. The highest BCUT2D eigenvalue weighted by atomic mass is 35.5. The lowest BCUT2D eigenvalue weighted by atomic mass is 10.2. The minimum atomic E-state index is -0.444. The second kappa shape index (κ2) is 4.85. The molecule has 2 rings (SSSR count). The van der Waals surface area contributed by atoms with Crippen LogP contribution in [0.1, 0.15) is 6.92 Å². The zero-order valence-corrected chi connectivity index (χ0v) is 10.1. The topological polar surface area (TPSA) is 71.3 Å². The summed E-state index contributed by atoms with van der Waals surface area (Å²) in [6.07, 6.45) is 1.44. The largest absolute Gasteiger partial charge is 0.348 e. The van der Waals surface area contributed by atoms with E-state index in [1.807, 2.05) is 11.8 Å². The second-order valence-electron chi connectivity index (χ2n) is 4.05. The van der Waals surface area contributed by atoms with Gasteiger partial charge in [0, 0.05) is 37.9 Å². The van der Waals surface area contributed by atoms with Gasteiger partial charge < -0.3 is 10.2 Å². The molecule has 0 radical (unpaired) electrons. The minimum Gasteiger partial charge on any atom is -0.348 e. The third-order valence-electron chi connectivity index (χ3n) is 2.68. The van der Waals surface area contributed by atoms with Crippen LogP contribution in [0.2, 0.25) is 5.02 Å². The first-order valence-corrected chi connectivity index (χ1v) is 5.74. The quantitative estimate of drug-likeness (QED) is 0.640. The number of pyridine rings is 1. The van der Waals surface area contributed by atoms with Gasteiger partial charge >= 0.3 is 5.69 Å². The molecule has 0 aliphatic carbocycles. The molecule has 1 N–H and O–H groups in total. The molecule has 1 aliphatic heterocycles. The van der Waals surface area contributed by atoms with Crippen molar-refractivity contribution in [1.82, 2.24) is 10.3 Å². The van der Waals surface area contributed by atoms with Crippen LogP contribution in [-0.2, 0) is 0 Å². The average Bonchev–Trinajstić information content (AvgIpc) is 2.28. The van der Waals surface area contributed by atoms with Crippen molar-refractivity contribution in [3.8, 4) is 0 Å². The van der Waals surface area contributed by atoms with Gasteiger partial charge in [-0.2, -0.15) is 0 Å². The van der Waals surface area contributed by atoms with E-state index in [0.717, 1.165) is 6.54 Å². The molecule has 0 spiro atoms. The maximum absolute atomic E-state index is 11.0. The Morgan fingerprint density at radius 3 is 3.12 bits per heavy atom. The van der Waals surface area contributed by atoms with E-state index in [-0.39, 0.29) is 10.7 Å². The predicted octanol–water partition coefficient (Wildman–Crippen LogP) is 1.44. The summed E-state index contributed by atoms with van der Waals surface area (Å²) in [5, 5.41) is 14.5. The van der Waals surface area contributed by atoms with Crippen molar-refractivity contribution in [2.75, 3.05) is 24.5 Å². The third-order valence-corrected chi connectivity index (χ3v) is 2.89. The Balaban J connectivity index is 2.33. The summed E-state index contributed by atoms with van der Waals surface area (Å²) in [6, 6.07) is 1.64. The zero-order chi connectivity index (χ0) is 12.4. The molecule has 1 fully saturated rings. The van der Waals surface area contributed by atoms with E-state index in [1.165, 1.54) is 12.3 Å². The molecule has 0 saturated carbocycles. The normalized spacial score (nSPS) is 20.4. The predicted molar refractivity (Wildman–Crippen MR) is 65.6 cm³/mol. The maximum Gasteiger partial charge on any atom is 0.313 e. The molecular weight excluding hydrogens is 244 g/mol. The van der Waals surface area contributed by atoms with Crippen molar-refractivity contribution in [3.05, 3.63) is 27.4 Å². The standard InChI is InChI=1S/C10H13ClN4O2/c1-7-6-14(3-2-12-7)10-9(15(16)17)4-8(11)5-13-10/h4-5,7,12H,2-3,6H2,1H3/t7-/m1/s1. The molecule has 1 saturated heterocycles. The minimum absolute atomic E-state index is 0.0356. The molecule has 17 heavy (non-hydrogen) atoms. The van der Waals surface area contributed by atoms with Gasteiger partial charge in [-0.1, -0.05) is 11.6 Å². The number of anilines is 1. The first kappa shape index (κ1) is 12.1. The molecule has 2 heterocycles. The zero-order valence-electron chi connectivity index (χ0n) is 9.39. The fourth-order valence-electron chi connectivity index (χ4n) is 1.92. The molecule has 1 aromatic heterocycles. The van der Waals surface area contributed by atoms with Gasteiger partial charge in [0.05, 0.1) is 9.95 Å². The lowest BCUT2D eigenvalue weighted by Gasteiger charge is -2.32. The number of rotatable bonds is 2. The molecule has 1 aromatic rings. The molecule has 0 amide bonds. The van der Waals surface area contributed by atoms with Crippen LogP contribution in [0.15, 0.2) is 12.3 Å². The number of aromatic nitrogens is 1. The smallest absolute Gasteiger partial charge is 0.313 e. The SMILES string of the molecule is C[C@@H]1CN(c2ncc(Cl)cc2[N+](=O)[O-])CCN1. The van der Waals surface area contributed by atoms with Crippen LogP contribution in [0.25, 0.3) is 0 Å². The van der Waals surface area contributed by atoms with Crippen LogP contribution in [0.3, 0.4) is 0 Å². The van der Waals surface area contributed by atoms with E-state index in [4.69, 9.17) is 11.6 Å². The Morgan fingerprint density at radius 2 is 2.47 bits per heavy atom. The number of nitro groups is 1. The summed E-state index contributed by atoms with van der Waals surface area (Å²) < 4.78 is 0. The average molecular weight is 257 g/mol. The molecule has 0 unspecified atom stereocenters. The lowest BCUT2D eigenvalue weighted by molar-refractivity contribution is -0.384. The first-order chi connectivity index (χ1) is 8.08. The number of hydrogen-bond donors (Lipinski definition) is 1. The fourth-order valence-corrected chi connectivity index (χ4v) is 2.08. The van der Waals surface area contributed by atoms with Crippen LogP contribution in [0.5, 0.6) is 0 Å². The molecule has 92 valence electrons. The van der Waals surface area contributed by atoms with Gasteiger partial charge in [0.2, 0.25) is 5.82 Å². The highest BCUT2D eigenvalue weighted by Gasteiger charge is 2.25. The Morgan fingerprint density at radius 1 is 1.71 bits per heavy atom. The van der Waals surface area contributed by atoms with Crippen molar-refractivity contribution in [2.24, 2.45) is 0 Å². The van der Waals surface area contributed by atoms with E-state index in [2.05, 4.69) is 10.3 Å². The molecule has 0 aromatic carbocycles. The van der Waals surface area contributed by atoms with Crippen molar-refractivity contribution < 1.29 is 4.92 Å². The molecule has 1 aliphatic rings. The molecule has 6 nitrogen and oxygen atoms in total. The van der Waals surface area contributed by atoms with Crippen molar-refractivity contribution in [3.63, 3.8) is 0 Å². The van der Waals surface area contributed by atoms with Crippen molar-refractivity contribution >= 4 is 23.1 Å². The number of piperazine rings is 1. The maximum atomic E-state index is 11.0. The second-order valence-corrected chi connectivity index (χ2v) is 4.49. The lowest BCUT2D eigenvalue weighted by Crippen LogP contribution is -2.49. The summed E-state index contributed by atoms with van der Waals surface area (Å²) in [5.74, 6) is 0.396. The van der Waals surface area contributed by atoms with E-state index < -0.39 is 4.92 Å². The number of nitrogens with zero attached hydrogens (tertiary/aromatic N) is 3. The van der Waals surface area contributed by atoms with Crippen LogP contribution in [0.4, 0.5) is 11.5 Å². The molecule has 0 bridgehead atoms. The summed E-state index contributed by atoms with van der Waals surface area (Å²) in [4.78, 5) is 16.5. The van der Waals surface area contributed by atoms with Crippen LogP contribution < -0.4 is 10.2 Å². The highest BCUT2D eigenvalue weighted by Crippen LogP contribution is 2.28. The first-order valence-electron chi connectivity index (χ1n) is 5.36. The van der Waals surface area contributed by atoms with Gasteiger partial charge in [-0.05, 0) is 6.92 Å². The van der Waals surface area contributed by atoms with Gasteiger partial charge in [0.1, 0.15) is 0 Å². The van der Waals surface area contributed by atoms with E-state index in [1.54, 1.807) is 0 Å². The van der Waals surface area contributed by atoms with Crippen LogP contribution in [-0.4, -0.2) is 35.6 Å². The van der Waals surface area contributed by atoms with Gasteiger partial charge in [-0.15, -0.1) is 0 Å². The summed E-state index contributed by atoms with van der Waals surface area (Å²) in [5.41, 5.74) is -0.0356. The van der Waals surface area contributed by atoms with Crippen LogP contribution in [0, 0.1) is 10.1 Å². The summed E-state index contributed by atoms with van der Waals surface area (Å²) in [7, 11) is 0. The van der Waals surface area contributed by atoms with Gasteiger partial charge in [0.25, 0.3) is 0 Å². The highest BCUT2D eigenvalue weighted by molar-refractivity contribution is 6.30. The van der Waals surface area contributed by atoms with E-state index in [9.17, 15) is 10.1 Å². The Hall–Kier alpha value is -1.40. The Bertz CT molecular complexity index is 440. The summed E-state index contributed by atoms with van der Waals surface area (Å²) >= 11 is 5.73. The van der Waals surface area contributed by atoms with Crippen molar-refractivity contribution in [1.29, 1.82) is 0 Å². The monoisotopic (exact) mass is 256 g/mol. The van der Waals surface area contributed by atoms with E-state index in [0.29, 0.717) is 24.9 Å². The third kappa shape index (κ3) is 2.65. The summed E-state index contributed by atoms with van der Waals surface area (Å²) in [6.45, 7) is 4.24. The van der Waals surface area contributed by atoms with Crippen LogP contribution >= 0.6 is 11.6 Å². The van der Waals surface area contributed by atoms with Gasteiger partial charge in [0.15, 0.2) is 0 Å². The number of halogens is 1. The number of nitrogens with one attached hydrogen (secondary N) is 1. The van der Waals surface area contributed by atoms with Crippen molar-refractivity contribution in [2.45, 2.75) is 13.0 Å². The fraction of sp³-hybridized carbons (Fsp3) is 0.500. The van der Waals surface area contributed by atoms with Gasteiger partial charge in [-0.25, -0.2) is 4.98 Å². The number of hydrogen-bond acceptors (Lipinski definition) is 5. The Kier molecular flexibility index (Phi) is 3.44. The van der Waals surface area contributed by atoms with Gasteiger partial charge in [-0.3, -0.25) is 10.1 Å². The molecule has 7 heteroatoms. The van der Waals surface area contributed by atoms with E-state index >= 15 is 0 Å². The Labute approximate surface area is 104 Å².